The van der Waals surface area contributed by atoms with Crippen LogP contribution in [0.2, 0.25) is 5.02 Å². The molecule has 0 unspecified atom stereocenters. The Morgan fingerprint density at radius 1 is 1.33 bits per heavy atom. The van der Waals surface area contributed by atoms with Gasteiger partial charge in [0.2, 0.25) is 0 Å². The van der Waals surface area contributed by atoms with Gasteiger partial charge in [-0.1, -0.05) is 17.7 Å². The number of hydrogen-bond donors (Lipinski definition) is 2. The second-order valence-electron chi connectivity index (χ2n) is 5.91. The average molecular weight is 354 g/mol. The topological polar surface area (TPSA) is 54.9 Å². The minimum absolute atomic E-state index is 0.672. The van der Waals surface area contributed by atoms with Crippen LogP contribution >= 0.6 is 11.6 Å². The standard InChI is InChI=1S/C18H28ClN3O2/c1-3-20-18(22-10-11-24-13-14-4-5-14)21-9-8-15-6-7-16(23-2)12-17(15)19/h6-7,12,14H,3-5,8-11,13H2,1-2H3,(H2,20,21,22). The number of guanidine groups is 1. The zero-order valence-electron chi connectivity index (χ0n) is 14.6. The Kier molecular flexibility index (Phi) is 8.19. The fraction of sp³-hybridized carbons (Fsp3) is 0.611. The van der Waals surface area contributed by atoms with E-state index >= 15 is 0 Å². The molecule has 1 aromatic rings. The lowest BCUT2D eigenvalue weighted by atomic mass is 10.1. The molecule has 0 spiro atoms. The van der Waals surface area contributed by atoms with Crippen molar-refractivity contribution in [3.63, 3.8) is 0 Å². The summed E-state index contributed by atoms with van der Waals surface area (Å²) in [5, 5.41) is 7.30. The van der Waals surface area contributed by atoms with Crippen molar-refractivity contribution in [1.29, 1.82) is 0 Å². The molecule has 1 aliphatic rings. The van der Waals surface area contributed by atoms with Crippen molar-refractivity contribution in [3.8, 4) is 5.75 Å². The van der Waals surface area contributed by atoms with E-state index in [-0.39, 0.29) is 0 Å². The van der Waals surface area contributed by atoms with Crippen molar-refractivity contribution >= 4 is 17.6 Å². The van der Waals surface area contributed by atoms with E-state index in [4.69, 9.17) is 21.1 Å². The van der Waals surface area contributed by atoms with Gasteiger partial charge in [0.25, 0.3) is 0 Å². The fourth-order valence-electron chi connectivity index (χ4n) is 2.27. The van der Waals surface area contributed by atoms with Crippen molar-refractivity contribution in [2.75, 3.05) is 40.0 Å². The molecule has 0 saturated heterocycles. The van der Waals surface area contributed by atoms with Gasteiger partial charge in [-0.25, -0.2) is 0 Å². The molecule has 0 bridgehead atoms. The molecule has 1 fully saturated rings. The molecule has 24 heavy (non-hydrogen) atoms. The van der Waals surface area contributed by atoms with Gasteiger partial charge >= 0.3 is 0 Å². The molecule has 0 atom stereocenters. The predicted molar refractivity (Wildman–Crippen MR) is 99.2 cm³/mol. The lowest BCUT2D eigenvalue weighted by Crippen LogP contribution is -2.38. The van der Waals surface area contributed by atoms with E-state index < -0.39 is 0 Å². The SMILES string of the molecule is CCNC(=NCCOCC1CC1)NCCc1ccc(OC)cc1Cl. The number of hydrogen-bond acceptors (Lipinski definition) is 3. The minimum Gasteiger partial charge on any atom is -0.497 e. The third-order valence-electron chi connectivity index (χ3n) is 3.85. The number of benzene rings is 1. The third kappa shape index (κ3) is 6.97. The van der Waals surface area contributed by atoms with Crippen LogP contribution < -0.4 is 15.4 Å². The number of nitrogens with zero attached hydrogens (tertiary/aromatic N) is 1. The van der Waals surface area contributed by atoms with Crippen molar-refractivity contribution in [3.05, 3.63) is 28.8 Å². The van der Waals surface area contributed by atoms with E-state index in [1.165, 1.54) is 12.8 Å². The second kappa shape index (κ2) is 10.4. The van der Waals surface area contributed by atoms with Crippen LogP contribution in [0.15, 0.2) is 23.2 Å². The van der Waals surface area contributed by atoms with Gasteiger partial charge in [-0.05, 0) is 49.8 Å². The van der Waals surface area contributed by atoms with Crippen LogP contribution in [0, 0.1) is 5.92 Å². The fourth-order valence-corrected chi connectivity index (χ4v) is 2.54. The summed E-state index contributed by atoms with van der Waals surface area (Å²) in [4.78, 5) is 4.53. The molecule has 5 nitrogen and oxygen atoms in total. The van der Waals surface area contributed by atoms with Crippen LogP contribution in [0.4, 0.5) is 0 Å². The van der Waals surface area contributed by atoms with Crippen molar-refractivity contribution in [1.82, 2.24) is 10.6 Å². The highest BCUT2D eigenvalue weighted by Crippen LogP contribution is 2.28. The molecular weight excluding hydrogens is 326 g/mol. The van der Waals surface area contributed by atoms with Crippen molar-refractivity contribution < 1.29 is 9.47 Å². The summed E-state index contributed by atoms with van der Waals surface area (Å²) in [6, 6.07) is 5.77. The maximum absolute atomic E-state index is 6.26. The molecule has 6 heteroatoms. The smallest absolute Gasteiger partial charge is 0.191 e. The maximum Gasteiger partial charge on any atom is 0.191 e. The highest BCUT2D eigenvalue weighted by molar-refractivity contribution is 6.31. The number of rotatable bonds is 10. The van der Waals surface area contributed by atoms with E-state index in [1.807, 2.05) is 18.2 Å². The summed E-state index contributed by atoms with van der Waals surface area (Å²) in [6.07, 6.45) is 3.47. The molecule has 1 aliphatic carbocycles. The van der Waals surface area contributed by atoms with E-state index in [2.05, 4.69) is 22.5 Å². The van der Waals surface area contributed by atoms with Crippen LogP contribution in [-0.4, -0.2) is 45.9 Å². The van der Waals surface area contributed by atoms with E-state index in [1.54, 1.807) is 7.11 Å². The van der Waals surface area contributed by atoms with E-state index in [0.717, 1.165) is 54.3 Å². The zero-order valence-corrected chi connectivity index (χ0v) is 15.4. The molecule has 0 aliphatic heterocycles. The zero-order chi connectivity index (χ0) is 17.2. The number of aliphatic imine (C=N–C) groups is 1. The molecule has 134 valence electrons. The number of ether oxygens (including phenoxy) is 2. The van der Waals surface area contributed by atoms with Gasteiger partial charge in [-0.3, -0.25) is 4.99 Å². The Bertz CT molecular complexity index is 533. The predicted octanol–water partition coefficient (Wildman–Crippen LogP) is 2.87. The van der Waals surface area contributed by atoms with Crippen LogP contribution in [0.25, 0.3) is 0 Å². The molecule has 2 N–H and O–H groups in total. The molecular formula is C18H28ClN3O2. The Morgan fingerprint density at radius 3 is 2.83 bits per heavy atom. The summed E-state index contributed by atoms with van der Waals surface area (Å²) < 4.78 is 10.8. The van der Waals surface area contributed by atoms with Crippen LogP contribution in [-0.2, 0) is 11.2 Å². The lowest BCUT2D eigenvalue weighted by Gasteiger charge is -2.12. The summed E-state index contributed by atoms with van der Waals surface area (Å²) in [5.74, 6) is 2.39. The van der Waals surface area contributed by atoms with Crippen molar-refractivity contribution in [2.24, 2.45) is 10.9 Å². The Morgan fingerprint density at radius 2 is 2.17 bits per heavy atom. The first kappa shape index (κ1) is 18.9. The van der Waals surface area contributed by atoms with Gasteiger partial charge in [0.05, 0.1) is 20.3 Å². The summed E-state index contributed by atoms with van der Waals surface area (Å²) in [6.45, 7) is 5.89. The molecule has 0 aromatic heterocycles. The normalized spacial score (nSPS) is 14.5. The first-order valence-corrected chi connectivity index (χ1v) is 9.03. The third-order valence-corrected chi connectivity index (χ3v) is 4.20. The van der Waals surface area contributed by atoms with Gasteiger partial charge in [-0.2, -0.15) is 0 Å². The van der Waals surface area contributed by atoms with Crippen molar-refractivity contribution in [2.45, 2.75) is 26.2 Å². The lowest BCUT2D eigenvalue weighted by molar-refractivity contribution is 0.131. The molecule has 0 amide bonds. The Hall–Kier alpha value is -1.46. The highest BCUT2D eigenvalue weighted by atomic mass is 35.5. The molecule has 0 heterocycles. The van der Waals surface area contributed by atoms with Gasteiger partial charge in [0.15, 0.2) is 5.96 Å². The number of nitrogens with one attached hydrogen (secondary N) is 2. The quantitative estimate of drug-likeness (QED) is 0.386. The van der Waals surface area contributed by atoms with Gasteiger partial charge in [-0.15, -0.1) is 0 Å². The largest absolute Gasteiger partial charge is 0.497 e. The average Bonchev–Trinajstić information content (AvgIpc) is 3.40. The molecule has 0 radical (unpaired) electrons. The second-order valence-corrected chi connectivity index (χ2v) is 6.32. The molecule has 1 aromatic carbocycles. The molecule has 2 rings (SSSR count). The van der Waals surface area contributed by atoms with Gasteiger partial charge in [0, 0.05) is 24.7 Å². The summed E-state index contributed by atoms with van der Waals surface area (Å²) in [7, 11) is 1.64. The first-order valence-electron chi connectivity index (χ1n) is 8.65. The van der Waals surface area contributed by atoms with Crippen LogP contribution in [0.5, 0.6) is 5.75 Å². The summed E-state index contributed by atoms with van der Waals surface area (Å²) in [5.41, 5.74) is 1.09. The van der Waals surface area contributed by atoms with E-state index in [9.17, 15) is 0 Å². The molecule has 1 saturated carbocycles. The monoisotopic (exact) mass is 353 g/mol. The first-order chi connectivity index (χ1) is 11.7. The summed E-state index contributed by atoms with van der Waals surface area (Å²) >= 11 is 6.26. The maximum atomic E-state index is 6.26. The minimum atomic E-state index is 0.672. The van der Waals surface area contributed by atoms with Gasteiger partial charge < -0.3 is 20.1 Å². The number of methoxy groups -OCH3 is 1. The Labute approximate surface area is 149 Å². The van der Waals surface area contributed by atoms with Gasteiger partial charge in [0.1, 0.15) is 5.75 Å². The van der Waals surface area contributed by atoms with Crippen LogP contribution in [0.1, 0.15) is 25.3 Å². The number of halogens is 1. The highest BCUT2D eigenvalue weighted by Gasteiger charge is 2.20. The Balaban J connectivity index is 1.71. The van der Waals surface area contributed by atoms with E-state index in [0.29, 0.717) is 13.2 Å². The van der Waals surface area contributed by atoms with Crippen LogP contribution in [0.3, 0.4) is 0 Å².